The molecule has 10 heteroatoms. The van der Waals surface area contributed by atoms with Crippen LogP contribution in [0.25, 0.3) is 89.7 Å². The average molecular weight is 627 g/mol. The molecule has 230 valence electrons. The van der Waals surface area contributed by atoms with Gasteiger partial charge >= 0.3 is 0 Å². The number of hydrogen-bond donors (Lipinski definition) is 0. The summed E-state index contributed by atoms with van der Waals surface area (Å²) in [5, 5.41) is 21.6. The Hall–Kier alpha value is -6.42. The molecule has 10 nitrogen and oxygen atoms in total. The molecule has 0 aliphatic heterocycles. The van der Waals surface area contributed by atoms with Crippen molar-refractivity contribution in [3.05, 3.63) is 107 Å². The lowest BCUT2D eigenvalue weighted by Gasteiger charge is -2.08. The van der Waals surface area contributed by atoms with Gasteiger partial charge in [-0.3, -0.25) is 9.97 Å². The summed E-state index contributed by atoms with van der Waals surface area (Å²) in [6, 6.07) is 23.8. The summed E-state index contributed by atoms with van der Waals surface area (Å²) in [5.41, 5.74) is 10.3. The lowest BCUT2D eigenvalue weighted by molar-refractivity contribution is 0.580. The molecule has 0 atom stereocenters. The zero-order valence-electron chi connectivity index (χ0n) is 26.5. The Kier molecular flexibility index (Phi) is 6.13. The minimum atomic E-state index is 0.320. The maximum Gasteiger partial charge on any atom is 0.266 e. The molecule has 0 saturated carbocycles. The first kappa shape index (κ1) is 27.9. The van der Waals surface area contributed by atoms with Gasteiger partial charge in [0.2, 0.25) is 11.8 Å². The maximum absolute atomic E-state index is 6.17. The fourth-order valence-electron chi connectivity index (χ4n) is 6.31. The second-order valence-corrected chi connectivity index (χ2v) is 12.0. The van der Waals surface area contributed by atoms with Crippen molar-refractivity contribution in [2.75, 3.05) is 0 Å². The summed E-state index contributed by atoms with van der Waals surface area (Å²) in [4.78, 5) is 19.1. The molecule has 0 aliphatic rings. The average Bonchev–Trinajstić information content (AvgIpc) is 3.80. The molecule has 6 heterocycles. The first-order chi connectivity index (χ1) is 23.4. The van der Waals surface area contributed by atoms with Crippen LogP contribution in [0.15, 0.2) is 94.0 Å². The molecule has 9 aromatic rings. The van der Waals surface area contributed by atoms with E-state index in [9.17, 15) is 0 Å². The Morgan fingerprint density at radius 3 is 1.29 bits per heavy atom. The van der Waals surface area contributed by atoms with Gasteiger partial charge < -0.3 is 8.83 Å². The Labute approximate surface area is 273 Å². The minimum Gasteiger partial charge on any atom is -0.415 e. The number of aromatic nitrogens is 8. The van der Waals surface area contributed by atoms with E-state index < -0.39 is 0 Å². The number of pyridine rings is 4. The van der Waals surface area contributed by atoms with E-state index in [1.54, 1.807) is 0 Å². The topological polar surface area (TPSA) is 129 Å². The summed E-state index contributed by atoms with van der Waals surface area (Å²) in [6.45, 7) is 8.23. The van der Waals surface area contributed by atoms with Crippen LogP contribution in [-0.2, 0) is 0 Å². The fourth-order valence-corrected chi connectivity index (χ4v) is 6.31. The highest BCUT2D eigenvalue weighted by Gasteiger charge is 2.19. The van der Waals surface area contributed by atoms with Crippen LogP contribution in [0, 0.1) is 27.7 Å². The third kappa shape index (κ3) is 4.41. The van der Waals surface area contributed by atoms with Crippen molar-refractivity contribution in [3.8, 4) is 46.1 Å². The van der Waals surface area contributed by atoms with Crippen LogP contribution in [-0.4, -0.2) is 40.3 Å². The van der Waals surface area contributed by atoms with Gasteiger partial charge in [0.15, 0.2) is 0 Å². The molecular formula is C38H26N8O2. The van der Waals surface area contributed by atoms with Gasteiger partial charge in [-0.05, 0) is 92.4 Å². The minimum absolute atomic E-state index is 0.320. The monoisotopic (exact) mass is 626 g/mol. The number of nitrogens with zero attached hydrogens (tertiary/aromatic N) is 8. The molecule has 0 radical (unpaired) electrons. The van der Waals surface area contributed by atoms with Crippen molar-refractivity contribution >= 4 is 43.6 Å². The van der Waals surface area contributed by atoms with E-state index in [-0.39, 0.29) is 0 Å². The van der Waals surface area contributed by atoms with Crippen LogP contribution in [0.1, 0.15) is 22.3 Å². The van der Waals surface area contributed by atoms with Crippen molar-refractivity contribution in [2.45, 2.75) is 27.7 Å². The van der Waals surface area contributed by atoms with Gasteiger partial charge in [0, 0.05) is 45.1 Å². The van der Waals surface area contributed by atoms with E-state index in [1.165, 1.54) is 0 Å². The molecule has 0 fully saturated rings. The molecule has 9 rings (SSSR count). The van der Waals surface area contributed by atoms with E-state index in [2.05, 4.69) is 68.5 Å². The third-order valence-electron chi connectivity index (χ3n) is 8.87. The van der Waals surface area contributed by atoms with Gasteiger partial charge in [0.1, 0.15) is 11.4 Å². The molecule has 3 aromatic carbocycles. The van der Waals surface area contributed by atoms with E-state index >= 15 is 0 Å². The zero-order chi connectivity index (χ0) is 32.5. The van der Waals surface area contributed by atoms with E-state index in [4.69, 9.17) is 18.8 Å². The van der Waals surface area contributed by atoms with Crippen molar-refractivity contribution in [3.63, 3.8) is 0 Å². The van der Waals surface area contributed by atoms with Crippen LogP contribution >= 0.6 is 0 Å². The summed E-state index contributed by atoms with van der Waals surface area (Å²) in [7, 11) is 0. The molecule has 0 bridgehead atoms. The van der Waals surface area contributed by atoms with E-state index in [0.29, 0.717) is 46.1 Å². The normalized spacial score (nSPS) is 11.8. The van der Waals surface area contributed by atoms with Crippen molar-refractivity contribution in [2.24, 2.45) is 0 Å². The Balaban J connectivity index is 1.06. The third-order valence-corrected chi connectivity index (χ3v) is 8.87. The first-order valence-electron chi connectivity index (χ1n) is 15.5. The molecule has 6 aromatic heterocycles. The van der Waals surface area contributed by atoms with Crippen molar-refractivity contribution in [1.29, 1.82) is 0 Å². The number of hydrogen-bond acceptors (Lipinski definition) is 10. The molecule has 0 saturated heterocycles. The largest absolute Gasteiger partial charge is 0.415 e. The molecule has 0 unspecified atom stereocenters. The lowest BCUT2D eigenvalue weighted by Crippen LogP contribution is -1.92. The molecule has 0 spiro atoms. The number of rotatable bonds is 4. The Bertz CT molecular complexity index is 2560. The SMILES string of the molecule is Cc1ccnc2c1ccc1c(C)cc(-c3nnc(-c4cccc(-c5nnc(-c6cc(C)c7ccc8c(C)ccnc8c7n6)o5)c4)o3)nc12. The predicted octanol–water partition coefficient (Wildman–Crippen LogP) is 8.55. The second-order valence-electron chi connectivity index (χ2n) is 12.0. The summed E-state index contributed by atoms with van der Waals surface area (Å²) >= 11 is 0. The molecular weight excluding hydrogens is 600 g/mol. The van der Waals surface area contributed by atoms with Gasteiger partial charge in [0.25, 0.3) is 11.8 Å². The Morgan fingerprint density at radius 2 is 0.833 bits per heavy atom. The smallest absolute Gasteiger partial charge is 0.266 e. The van der Waals surface area contributed by atoms with Crippen LogP contribution in [0.5, 0.6) is 0 Å². The number of fused-ring (bicyclic) bond motifs is 6. The number of benzene rings is 3. The van der Waals surface area contributed by atoms with Crippen LogP contribution in [0.2, 0.25) is 0 Å². The lowest BCUT2D eigenvalue weighted by atomic mass is 10.0. The highest BCUT2D eigenvalue weighted by molar-refractivity contribution is 6.06. The zero-order valence-corrected chi connectivity index (χ0v) is 26.5. The highest BCUT2D eigenvalue weighted by Crippen LogP contribution is 2.33. The Morgan fingerprint density at radius 1 is 0.417 bits per heavy atom. The molecule has 0 N–H and O–H groups in total. The van der Waals surface area contributed by atoms with Crippen LogP contribution in [0.4, 0.5) is 0 Å². The van der Waals surface area contributed by atoms with Crippen molar-refractivity contribution < 1.29 is 8.83 Å². The summed E-state index contributed by atoms with van der Waals surface area (Å²) in [6.07, 6.45) is 3.62. The fraction of sp³-hybridized carbons (Fsp3) is 0.105. The quantitative estimate of drug-likeness (QED) is 0.175. The van der Waals surface area contributed by atoms with Crippen molar-refractivity contribution in [1.82, 2.24) is 40.3 Å². The molecule has 0 amide bonds. The summed E-state index contributed by atoms with van der Waals surface area (Å²) in [5.74, 6) is 1.33. The first-order valence-corrected chi connectivity index (χ1v) is 15.5. The van der Waals surface area contributed by atoms with Crippen LogP contribution in [0.3, 0.4) is 0 Å². The molecule has 48 heavy (non-hydrogen) atoms. The van der Waals surface area contributed by atoms with Crippen LogP contribution < -0.4 is 0 Å². The standard InChI is InChI=1S/C38H26N8O2/c1-19-12-14-39-31-25(19)8-10-27-21(3)16-29(41-33(27)31)37-45-43-35(47-37)23-6-5-7-24(18-23)36-44-46-38(48-36)30-17-22(4)28-11-9-26-20(2)13-15-40-32(26)34(28)42-30/h5-18H,1-4H3. The van der Waals surface area contributed by atoms with E-state index in [0.717, 1.165) is 65.9 Å². The van der Waals surface area contributed by atoms with Gasteiger partial charge in [0.05, 0.1) is 22.1 Å². The molecule has 0 aliphatic carbocycles. The number of aryl methyl sites for hydroxylation is 4. The second kappa shape index (κ2) is 10.6. The summed E-state index contributed by atoms with van der Waals surface area (Å²) < 4.78 is 12.3. The van der Waals surface area contributed by atoms with Gasteiger partial charge in [-0.25, -0.2) is 9.97 Å². The predicted molar refractivity (Wildman–Crippen MR) is 184 cm³/mol. The van der Waals surface area contributed by atoms with Gasteiger partial charge in [-0.2, -0.15) is 0 Å². The van der Waals surface area contributed by atoms with Gasteiger partial charge in [-0.15, -0.1) is 20.4 Å². The van der Waals surface area contributed by atoms with Gasteiger partial charge in [-0.1, -0.05) is 30.3 Å². The van der Waals surface area contributed by atoms with E-state index in [1.807, 2.05) is 74.8 Å². The maximum atomic E-state index is 6.17. The highest BCUT2D eigenvalue weighted by atomic mass is 16.4.